The highest BCUT2D eigenvalue weighted by Gasteiger charge is 2.19. The van der Waals surface area contributed by atoms with Gasteiger partial charge < -0.3 is 14.2 Å². The van der Waals surface area contributed by atoms with E-state index < -0.39 is 6.10 Å². The van der Waals surface area contributed by atoms with Gasteiger partial charge >= 0.3 is 17.9 Å². The molecule has 1 atom stereocenters. The minimum absolute atomic E-state index is 0.104. The fourth-order valence-corrected chi connectivity index (χ4v) is 8.29. The Morgan fingerprint density at radius 2 is 0.597 bits per heavy atom. The topological polar surface area (TPSA) is 78.9 Å². The number of esters is 3. The molecule has 0 aliphatic rings. The van der Waals surface area contributed by atoms with Gasteiger partial charge in [0, 0.05) is 19.3 Å². The molecule has 0 saturated carbocycles. The van der Waals surface area contributed by atoms with E-state index in [2.05, 4.69) is 118 Å². The lowest BCUT2D eigenvalue weighted by molar-refractivity contribution is -0.167. The van der Waals surface area contributed by atoms with E-state index in [9.17, 15) is 14.4 Å². The van der Waals surface area contributed by atoms with Crippen LogP contribution >= 0.6 is 0 Å². The molecule has 6 nitrogen and oxygen atoms in total. The molecular weight excluding hydrogens is 889 g/mol. The van der Waals surface area contributed by atoms with Crippen molar-refractivity contribution in [2.75, 3.05) is 13.2 Å². The molecule has 0 amide bonds. The van der Waals surface area contributed by atoms with Crippen LogP contribution in [0.15, 0.2) is 97.2 Å². The lowest BCUT2D eigenvalue weighted by atomic mass is 10.1. The molecule has 0 radical (unpaired) electrons. The van der Waals surface area contributed by atoms with E-state index in [1.165, 1.54) is 141 Å². The van der Waals surface area contributed by atoms with Crippen LogP contribution in [-0.2, 0) is 28.6 Å². The quantitative estimate of drug-likeness (QED) is 0.0199. The Bertz CT molecular complexity index is 1430. The largest absolute Gasteiger partial charge is 0.462 e. The summed E-state index contributed by atoms with van der Waals surface area (Å²) in [5.41, 5.74) is 0. The number of unbranched alkanes of at least 4 members (excludes halogenated alkanes) is 28. The predicted octanol–water partition coefficient (Wildman–Crippen LogP) is 20.5. The maximum absolute atomic E-state index is 12.9. The van der Waals surface area contributed by atoms with Crippen LogP contribution in [0.2, 0.25) is 0 Å². The van der Waals surface area contributed by atoms with Gasteiger partial charge in [-0.3, -0.25) is 14.4 Å². The maximum Gasteiger partial charge on any atom is 0.306 e. The molecule has 0 aromatic carbocycles. The number of hydrogen-bond donors (Lipinski definition) is 0. The fraction of sp³-hybridized carbons (Fsp3) is 0.712. The Balaban J connectivity index is 4.49. The lowest BCUT2D eigenvalue weighted by Crippen LogP contribution is -2.30. The Morgan fingerprint density at radius 1 is 0.306 bits per heavy atom. The summed E-state index contributed by atoms with van der Waals surface area (Å²) >= 11 is 0. The van der Waals surface area contributed by atoms with E-state index in [0.717, 1.165) is 96.3 Å². The molecule has 0 aromatic rings. The summed E-state index contributed by atoms with van der Waals surface area (Å²) in [4.78, 5) is 38.2. The molecule has 0 heterocycles. The molecule has 0 fully saturated rings. The smallest absolute Gasteiger partial charge is 0.306 e. The Labute approximate surface area is 445 Å². The zero-order chi connectivity index (χ0) is 52.2. The molecule has 412 valence electrons. The monoisotopic (exact) mass is 1000 g/mol. The second-order valence-corrected chi connectivity index (χ2v) is 19.9. The van der Waals surface area contributed by atoms with Crippen molar-refractivity contribution in [3.8, 4) is 0 Å². The zero-order valence-electron chi connectivity index (χ0n) is 47.2. The van der Waals surface area contributed by atoms with Crippen molar-refractivity contribution in [1.29, 1.82) is 0 Å². The van der Waals surface area contributed by atoms with Crippen LogP contribution in [0.3, 0.4) is 0 Å². The van der Waals surface area contributed by atoms with Crippen molar-refractivity contribution in [2.45, 2.75) is 290 Å². The molecule has 0 N–H and O–H groups in total. The van der Waals surface area contributed by atoms with Crippen molar-refractivity contribution >= 4 is 17.9 Å². The highest BCUT2D eigenvalue weighted by molar-refractivity contribution is 5.71. The first-order valence-electron chi connectivity index (χ1n) is 30.3. The minimum Gasteiger partial charge on any atom is -0.462 e. The third-order valence-electron chi connectivity index (χ3n) is 12.8. The first kappa shape index (κ1) is 68.3. The average molecular weight is 1000 g/mol. The molecule has 0 aliphatic carbocycles. The van der Waals surface area contributed by atoms with Crippen molar-refractivity contribution in [3.63, 3.8) is 0 Å². The number of carbonyl (C=O) groups is 3. The van der Waals surface area contributed by atoms with Gasteiger partial charge in [-0.15, -0.1) is 0 Å². The summed E-state index contributed by atoms with van der Waals surface area (Å²) in [6.45, 7) is 6.47. The second-order valence-electron chi connectivity index (χ2n) is 19.9. The van der Waals surface area contributed by atoms with Crippen LogP contribution < -0.4 is 0 Å². The predicted molar refractivity (Wildman–Crippen MR) is 311 cm³/mol. The van der Waals surface area contributed by atoms with Crippen molar-refractivity contribution < 1.29 is 28.6 Å². The van der Waals surface area contributed by atoms with Gasteiger partial charge in [-0.25, -0.2) is 0 Å². The summed E-state index contributed by atoms with van der Waals surface area (Å²) < 4.78 is 16.8. The molecule has 72 heavy (non-hydrogen) atoms. The van der Waals surface area contributed by atoms with Crippen LogP contribution in [0.1, 0.15) is 284 Å². The van der Waals surface area contributed by atoms with Gasteiger partial charge in [0.2, 0.25) is 0 Å². The molecular formula is C66H112O6. The third-order valence-corrected chi connectivity index (χ3v) is 12.8. The Morgan fingerprint density at radius 3 is 1.00 bits per heavy atom. The van der Waals surface area contributed by atoms with Gasteiger partial charge in [-0.05, 0) is 109 Å². The molecule has 0 spiro atoms. The summed E-state index contributed by atoms with van der Waals surface area (Å²) in [5.74, 6) is -0.978. The molecule has 0 aliphatic heterocycles. The van der Waals surface area contributed by atoms with E-state index in [-0.39, 0.29) is 37.5 Å². The fourth-order valence-electron chi connectivity index (χ4n) is 8.29. The highest BCUT2D eigenvalue weighted by Crippen LogP contribution is 2.15. The summed E-state index contributed by atoms with van der Waals surface area (Å²) in [6, 6.07) is 0. The number of carbonyl (C=O) groups excluding carboxylic acids is 3. The minimum atomic E-state index is -0.812. The van der Waals surface area contributed by atoms with Gasteiger partial charge in [0.15, 0.2) is 6.10 Å². The highest BCUT2D eigenvalue weighted by atomic mass is 16.6. The molecule has 6 heteroatoms. The average Bonchev–Trinajstić information content (AvgIpc) is 3.38. The van der Waals surface area contributed by atoms with E-state index >= 15 is 0 Å². The van der Waals surface area contributed by atoms with Gasteiger partial charge in [-0.1, -0.05) is 253 Å². The zero-order valence-corrected chi connectivity index (χ0v) is 47.2. The Kier molecular flexibility index (Phi) is 56.8. The number of hydrogen-bond acceptors (Lipinski definition) is 6. The van der Waals surface area contributed by atoms with Crippen LogP contribution in [0.4, 0.5) is 0 Å². The number of allylic oxidation sites excluding steroid dienone is 16. The normalized spacial score (nSPS) is 12.8. The summed E-state index contributed by atoms with van der Waals surface area (Å²) in [5, 5.41) is 0. The number of ether oxygens (including phenoxy) is 3. The van der Waals surface area contributed by atoms with E-state index in [4.69, 9.17) is 14.2 Å². The van der Waals surface area contributed by atoms with Crippen LogP contribution in [0.5, 0.6) is 0 Å². The molecule has 0 saturated heterocycles. The molecule has 0 bridgehead atoms. The lowest BCUT2D eigenvalue weighted by Gasteiger charge is -2.18. The van der Waals surface area contributed by atoms with Crippen molar-refractivity contribution in [1.82, 2.24) is 0 Å². The van der Waals surface area contributed by atoms with Crippen molar-refractivity contribution in [2.24, 2.45) is 0 Å². The third kappa shape index (κ3) is 57.2. The van der Waals surface area contributed by atoms with Crippen LogP contribution in [0, 0.1) is 0 Å². The van der Waals surface area contributed by atoms with Crippen LogP contribution in [-0.4, -0.2) is 37.2 Å². The number of rotatable bonds is 54. The summed E-state index contributed by atoms with van der Waals surface area (Å²) in [6.07, 6.45) is 79.8. The van der Waals surface area contributed by atoms with E-state index in [1.54, 1.807) is 0 Å². The molecule has 1 unspecified atom stereocenters. The van der Waals surface area contributed by atoms with E-state index in [1.807, 2.05) is 0 Å². The van der Waals surface area contributed by atoms with Gasteiger partial charge in [0.1, 0.15) is 13.2 Å². The first-order valence-corrected chi connectivity index (χ1v) is 30.3. The Hall–Kier alpha value is -3.67. The molecule has 0 aromatic heterocycles. The van der Waals surface area contributed by atoms with Crippen molar-refractivity contribution in [3.05, 3.63) is 97.2 Å². The summed E-state index contributed by atoms with van der Waals surface area (Å²) in [7, 11) is 0. The SMILES string of the molecule is CC/C=C\C/C=C\C/C=C\C/C=C\C/C=C\CCCC(=O)OCC(COC(=O)CCCCCCCCC/C=C\CCCCCCCCCC)OC(=O)CCCCCCC/C=C\C=C/CCCCCCCCC. The second kappa shape index (κ2) is 59.9. The van der Waals surface area contributed by atoms with Gasteiger partial charge in [0.05, 0.1) is 0 Å². The standard InChI is InChI=1S/C66H112O6/c1-4-7-10-13-16-19-22-25-28-31-33-36-38-41-44-47-50-53-56-59-65(68)71-62-63(61-70-64(67)58-55-52-49-46-43-40-37-34-30-27-24-21-18-15-12-9-6-3)72-66(69)60-57-54-51-48-45-42-39-35-32-29-26-23-20-17-14-11-8-5-2/h9,12,18,21,27,29-33,35,37,39-40,46,49,63H,4-8,10-11,13-17,19-20,22-26,28,34,36,38,41-45,47-48,50-62H2,1-3H3/b12-9-,21-18-,30-27-,32-29-,33-31-,39-35-,40-37-,49-46-. The first-order chi connectivity index (χ1) is 35.5. The van der Waals surface area contributed by atoms with E-state index in [0.29, 0.717) is 19.3 Å². The van der Waals surface area contributed by atoms with Crippen LogP contribution in [0.25, 0.3) is 0 Å². The van der Waals surface area contributed by atoms with Gasteiger partial charge in [0.25, 0.3) is 0 Å². The maximum atomic E-state index is 12.9. The van der Waals surface area contributed by atoms with Gasteiger partial charge in [-0.2, -0.15) is 0 Å². The molecule has 0 rings (SSSR count).